The van der Waals surface area contributed by atoms with Crippen LogP contribution in [0.15, 0.2) is 71.8 Å². The van der Waals surface area contributed by atoms with Crippen LogP contribution in [-0.2, 0) is 4.79 Å². The molecule has 0 heterocycles. The standard InChI is InChI=1S/C20H24OSi/c1-4-17(2)18(15-21)16-22(3,19-11-7-5-8-12-19)20-13-9-6-10-14-20/h5-15H,4,16H2,1-3H3/b18-17+. The topological polar surface area (TPSA) is 17.1 Å². The zero-order valence-corrected chi connectivity index (χ0v) is 14.7. The van der Waals surface area contributed by atoms with Crippen LogP contribution in [0.3, 0.4) is 0 Å². The maximum absolute atomic E-state index is 11.6. The molecule has 0 aliphatic carbocycles. The molecule has 0 aliphatic rings. The second-order valence-corrected chi connectivity index (χ2v) is 10.2. The van der Waals surface area contributed by atoms with Crippen molar-refractivity contribution in [2.45, 2.75) is 32.9 Å². The van der Waals surface area contributed by atoms with E-state index in [9.17, 15) is 4.79 Å². The molecule has 2 aromatic carbocycles. The number of rotatable bonds is 6. The molecule has 2 rings (SSSR count). The molecule has 2 aromatic rings. The first-order chi connectivity index (χ1) is 10.6. The third kappa shape index (κ3) is 3.45. The maximum Gasteiger partial charge on any atom is 0.145 e. The van der Waals surface area contributed by atoms with Crippen molar-refractivity contribution in [3.05, 3.63) is 71.8 Å². The van der Waals surface area contributed by atoms with Crippen molar-refractivity contribution >= 4 is 24.7 Å². The Bertz CT molecular complexity index is 604. The van der Waals surface area contributed by atoms with Crippen molar-refractivity contribution in [1.29, 1.82) is 0 Å². The predicted octanol–water partition coefficient (Wildman–Crippen LogP) is 3.80. The summed E-state index contributed by atoms with van der Waals surface area (Å²) in [4.78, 5) is 11.6. The molecule has 0 bridgehead atoms. The predicted molar refractivity (Wildman–Crippen MR) is 97.6 cm³/mol. The van der Waals surface area contributed by atoms with E-state index in [1.54, 1.807) is 0 Å². The maximum atomic E-state index is 11.6. The van der Waals surface area contributed by atoms with Gasteiger partial charge in [-0.2, -0.15) is 0 Å². The van der Waals surface area contributed by atoms with Crippen LogP contribution in [0, 0.1) is 0 Å². The Morgan fingerprint density at radius 1 is 0.955 bits per heavy atom. The van der Waals surface area contributed by atoms with Gasteiger partial charge < -0.3 is 0 Å². The Balaban J connectivity index is 2.55. The first kappa shape index (κ1) is 16.4. The van der Waals surface area contributed by atoms with Gasteiger partial charge in [-0.05, 0) is 25.0 Å². The lowest BCUT2D eigenvalue weighted by molar-refractivity contribution is -0.104. The first-order valence-electron chi connectivity index (χ1n) is 7.86. The second kappa shape index (κ2) is 7.37. The summed E-state index contributed by atoms with van der Waals surface area (Å²) >= 11 is 0. The molecule has 0 fully saturated rings. The number of aldehydes is 1. The van der Waals surface area contributed by atoms with Crippen molar-refractivity contribution in [3.8, 4) is 0 Å². The van der Waals surface area contributed by atoms with Gasteiger partial charge in [0, 0.05) is 0 Å². The van der Waals surface area contributed by atoms with Crippen molar-refractivity contribution in [3.63, 3.8) is 0 Å². The summed E-state index contributed by atoms with van der Waals surface area (Å²) in [7, 11) is -1.95. The average molecular weight is 308 g/mol. The van der Waals surface area contributed by atoms with E-state index in [1.807, 2.05) is 0 Å². The normalized spacial score (nSPS) is 12.7. The highest BCUT2D eigenvalue weighted by atomic mass is 28.3. The van der Waals surface area contributed by atoms with Gasteiger partial charge in [0.15, 0.2) is 0 Å². The minimum absolute atomic E-state index is 0.865. The Labute approximate surface area is 134 Å². The van der Waals surface area contributed by atoms with Crippen LogP contribution >= 0.6 is 0 Å². The third-order valence-electron chi connectivity index (χ3n) is 4.59. The van der Waals surface area contributed by atoms with Gasteiger partial charge in [-0.1, -0.05) is 90.1 Å². The minimum Gasteiger partial charge on any atom is -0.298 e. The van der Waals surface area contributed by atoms with Crippen LogP contribution in [0.2, 0.25) is 12.6 Å². The zero-order chi connectivity index (χ0) is 16.0. The molecular weight excluding hydrogens is 284 g/mol. The highest BCUT2D eigenvalue weighted by Gasteiger charge is 2.32. The average Bonchev–Trinajstić information content (AvgIpc) is 2.60. The van der Waals surface area contributed by atoms with Crippen LogP contribution in [0.4, 0.5) is 0 Å². The van der Waals surface area contributed by atoms with Crippen LogP contribution in [0.1, 0.15) is 20.3 Å². The number of benzene rings is 2. The van der Waals surface area contributed by atoms with Gasteiger partial charge in [0.1, 0.15) is 14.4 Å². The van der Waals surface area contributed by atoms with Crippen LogP contribution in [0.25, 0.3) is 0 Å². The molecule has 0 unspecified atom stereocenters. The lowest BCUT2D eigenvalue weighted by Gasteiger charge is -2.29. The summed E-state index contributed by atoms with van der Waals surface area (Å²) in [5.74, 6) is 0. The summed E-state index contributed by atoms with van der Waals surface area (Å²) in [5.41, 5.74) is 2.19. The number of carbonyl (C=O) groups excluding carboxylic acids is 1. The van der Waals surface area contributed by atoms with Gasteiger partial charge in [-0.15, -0.1) is 0 Å². The highest BCUT2D eigenvalue weighted by molar-refractivity contribution is 7.01. The first-order valence-corrected chi connectivity index (χ1v) is 10.6. The molecule has 0 amide bonds. The van der Waals surface area contributed by atoms with Crippen molar-refractivity contribution in [1.82, 2.24) is 0 Å². The molecule has 0 N–H and O–H groups in total. The molecular formula is C20H24OSi. The van der Waals surface area contributed by atoms with E-state index in [0.717, 1.165) is 24.3 Å². The van der Waals surface area contributed by atoms with Gasteiger partial charge in [-0.3, -0.25) is 4.79 Å². The minimum atomic E-state index is -1.95. The van der Waals surface area contributed by atoms with E-state index in [0.29, 0.717) is 0 Å². The Morgan fingerprint density at radius 3 is 1.77 bits per heavy atom. The molecule has 1 nitrogen and oxygen atoms in total. The second-order valence-electron chi connectivity index (χ2n) is 6.02. The van der Waals surface area contributed by atoms with Crippen LogP contribution < -0.4 is 10.4 Å². The van der Waals surface area contributed by atoms with Gasteiger partial charge in [0.25, 0.3) is 0 Å². The fourth-order valence-corrected chi connectivity index (χ4v) is 6.63. The molecule has 0 aromatic heterocycles. The number of hydrogen-bond donors (Lipinski definition) is 0. The van der Waals surface area contributed by atoms with Gasteiger partial charge in [0.2, 0.25) is 0 Å². The molecule has 2 heteroatoms. The zero-order valence-electron chi connectivity index (χ0n) is 13.7. The van der Waals surface area contributed by atoms with Gasteiger partial charge in [-0.25, -0.2) is 0 Å². The Hall–Kier alpha value is -1.93. The molecule has 0 spiro atoms. The summed E-state index contributed by atoms with van der Waals surface area (Å²) < 4.78 is 0. The quantitative estimate of drug-likeness (QED) is 0.450. The van der Waals surface area contributed by atoms with Crippen molar-refractivity contribution < 1.29 is 4.79 Å². The molecule has 0 radical (unpaired) electrons. The van der Waals surface area contributed by atoms with E-state index in [4.69, 9.17) is 0 Å². The third-order valence-corrected chi connectivity index (χ3v) is 8.89. The lowest BCUT2D eigenvalue weighted by Crippen LogP contribution is -2.55. The number of allylic oxidation sites excluding steroid dienone is 2. The van der Waals surface area contributed by atoms with E-state index in [-0.39, 0.29) is 0 Å². The Kier molecular flexibility index (Phi) is 5.50. The fraction of sp³-hybridized carbons (Fsp3) is 0.250. The summed E-state index contributed by atoms with van der Waals surface area (Å²) in [6.07, 6.45) is 2.00. The molecule has 22 heavy (non-hydrogen) atoms. The lowest BCUT2D eigenvalue weighted by atomic mass is 10.1. The largest absolute Gasteiger partial charge is 0.298 e. The highest BCUT2D eigenvalue weighted by Crippen LogP contribution is 2.20. The molecule has 0 aliphatic heterocycles. The molecule has 0 atom stereocenters. The van der Waals surface area contributed by atoms with E-state index >= 15 is 0 Å². The Morgan fingerprint density at radius 2 is 1.41 bits per heavy atom. The number of hydrogen-bond acceptors (Lipinski definition) is 1. The fourth-order valence-electron chi connectivity index (χ4n) is 2.88. The number of carbonyl (C=O) groups is 1. The van der Waals surface area contributed by atoms with E-state index in [2.05, 4.69) is 81.1 Å². The summed E-state index contributed by atoms with van der Waals surface area (Å²) in [6, 6.07) is 22.2. The van der Waals surface area contributed by atoms with Crippen LogP contribution in [-0.4, -0.2) is 14.4 Å². The molecule has 0 saturated carbocycles. The van der Waals surface area contributed by atoms with Crippen molar-refractivity contribution in [2.24, 2.45) is 0 Å². The summed E-state index contributed by atoms with van der Waals surface area (Å²) in [5, 5.41) is 2.76. The van der Waals surface area contributed by atoms with Crippen LogP contribution in [0.5, 0.6) is 0 Å². The monoisotopic (exact) mass is 308 g/mol. The van der Waals surface area contributed by atoms with E-state index in [1.165, 1.54) is 15.9 Å². The van der Waals surface area contributed by atoms with E-state index < -0.39 is 8.07 Å². The smallest absolute Gasteiger partial charge is 0.145 e. The van der Waals surface area contributed by atoms with Gasteiger partial charge in [0.05, 0.1) is 0 Å². The van der Waals surface area contributed by atoms with Gasteiger partial charge >= 0.3 is 0 Å². The molecule has 114 valence electrons. The van der Waals surface area contributed by atoms with Crippen molar-refractivity contribution in [2.75, 3.05) is 0 Å². The molecule has 0 saturated heterocycles. The SMILES string of the molecule is CC/C(C)=C(\C=O)C[Si](C)(c1ccccc1)c1ccccc1. The summed E-state index contributed by atoms with van der Waals surface area (Å²) in [6.45, 7) is 6.56.